The van der Waals surface area contributed by atoms with E-state index in [9.17, 15) is 10.1 Å². The first-order chi connectivity index (χ1) is 13.0. The van der Waals surface area contributed by atoms with E-state index in [2.05, 4.69) is 9.97 Å². The number of hydrogen-bond donors (Lipinski definition) is 0. The molecule has 0 unspecified atom stereocenters. The van der Waals surface area contributed by atoms with Crippen LogP contribution >= 0.6 is 0 Å². The lowest BCUT2D eigenvalue weighted by Gasteiger charge is -2.21. The number of ether oxygens (including phenoxy) is 1. The summed E-state index contributed by atoms with van der Waals surface area (Å²) in [6, 6.07) is 9.30. The van der Waals surface area contributed by atoms with E-state index in [1.54, 1.807) is 12.1 Å². The number of nitrogens with zero attached hydrogens (tertiary/aromatic N) is 6. The second-order valence-electron chi connectivity index (χ2n) is 5.76. The number of rotatable bonds is 8. The molecule has 0 spiro atoms. The fraction of sp³-hybridized carbons (Fsp3) is 0.333. The van der Waals surface area contributed by atoms with E-state index in [-0.39, 0.29) is 37.6 Å². The molecule has 1 aromatic carbocycles. The van der Waals surface area contributed by atoms with Crippen LogP contribution in [-0.2, 0) is 0 Å². The Hall–Kier alpha value is -3.72. The quantitative estimate of drug-likeness (QED) is 0.513. The van der Waals surface area contributed by atoms with Crippen LogP contribution in [0.5, 0.6) is 11.6 Å². The van der Waals surface area contributed by atoms with Gasteiger partial charge in [0.15, 0.2) is 0 Å². The molecule has 1 aromatic heterocycles. The van der Waals surface area contributed by atoms with Crippen molar-refractivity contribution in [3.05, 3.63) is 45.8 Å². The molecule has 0 aliphatic rings. The van der Waals surface area contributed by atoms with Crippen molar-refractivity contribution in [1.29, 1.82) is 10.5 Å². The molecule has 0 atom stereocenters. The van der Waals surface area contributed by atoms with Gasteiger partial charge >= 0.3 is 11.6 Å². The summed E-state index contributed by atoms with van der Waals surface area (Å²) in [5, 5.41) is 29.4. The SMILES string of the molecule is Cc1ccc(Oc2ncnc(N(CCC#N)CCC#N)c2[N+](=O)[O-])cc1C. The van der Waals surface area contributed by atoms with E-state index >= 15 is 0 Å². The largest absolute Gasteiger partial charge is 0.434 e. The number of nitro groups is 1. The molecule has 0 saturated heterocycles. The molecule has 0 radical (unpaired) electrons. The third-order valence-corrected chi connectivity index (χ3v) is 3.93. The normalized spacial score (nSPS) is 9.93. The van der Waals surface area contributed by atoms with Crippen LogP contribution < -0.4 is 9.64 Å². The molecule has 27 heavy (non-hydrogen) atoms. The summed E-state index contributed by atoms with van der Waals surface area (Å²) in [6.45, 7) is 4.28. The number of benzene rings is 1. The van der Waals surface area contributed by atoms with Gasteiger partial charge in [-0.25, -0.2) is 4.98 Å². The number of aromatic nitrogens is 2. The molecule has 0 amide bonds. The Morgan fingerprint density at radius 3 is 2.37 bits per heavy atom. The number of hydrogen-bond acceptors (Lipinski definition) is 8. The summed E-state index contributed by atoms with van der Waals surface area (Å²) < 4.78 is 5.66. The molecule has 2 aromatic rings. The Balaban J connectivity index is 2.45. The summed E-state index contributed by atoms with van der Waals surface area (Å²) in [5.41, 5.74) is 1.65. The molecule has 1 heterocycles. The summed E-state index contributed by atoms with van der Waals surface area (Å²) in [7, 11) is 0. The van der Waals surface area contributed by atoms with Crippen LogP contribution in [-0.4, -0.2) is 28.0 Å². The lowest BCUT2D eigenvalue weighted by Crippen LogP contribution is -2.27. The highest BCUT2D eigenvalue weighted by Gasteiger charge is 2.28. The molecule has 0 N–H and O–H groups in total. The average molecular weight is 366 g/mol. The highest BCUT2D eigenvalue weighted by atomic mass is 16.6. The van der Waals surface area contributed by atoms with Crippen molar-refractivity contribution in [2.75, 3.05) is 18.0 Å². The van der Waals surface area contributed by atoms with Crippen molar-refractivity contribution >= 4 is 11.5 Å². The summed E-state index contributed by atoms with van der Waals surface area (Å²) >= 11 is 0. The predicted molar refractivity (Wildman–Crippen MR) is 97.3 cm³/mol. The first-order valence-corrected chi connectivity index (χ1v) is 8.21. The second kappa shape index (κ2) is 9.11. The maximum absolute atomic E-state index is 11.7. The third-order valence-electron chi connectivity index (χ3n) is 3.93. The van der Waals surface area contributed by atoms with Gasteiger partial charge in [-0.15, -0.1) is 0 Å². The molecule has 138 valence electrons. The molecular formula is C18H18N6O3. The van der Waals surface area contributed by atoms with Gasteiger partial charge in [-0.1, -0.05) is 6.07 Å². The Bertz CT molecular complexity index is 898. The molecule has 0 bridgehead atoms. The zero-order valence-electron chi connectivity index (χ0n) is 15.0. The van der Waals surface area contributed by atoms with Gasteiger partial charge in [0.05, 0.1) is 29.9 Å². The van der Waals surface area contributed by atoms with E-state index in [1.807, 2.05) is 32.1 Å². The number of aryl methyl sites for hydroxylation is 2. The monoisotopic (exact) mass is 366 g/mol. The number of anilines is 1. The number of nitriles is 2. The van der Waals surface area contributed by atoms with Gasteiger partial charge in [0.25, 0.3) is 0 Å². The minimum Gasteiger partial charge on any atom is -0.434 e. The van der Waals surface area contributed by atoms with Crippen LogP contribution in [0, 0.1) is 46.6 Å². The summed E-state index contributed by atoms with van der Waals surface area (Å²) in [6.07, 6.45) is 1.45. The van der Waals surface area contributed by atoms with Gasteiger partial charge < -0.3 is 9.64 Å². The van der Waals surface area contributed by atoms with Crippen molar-refractivity contribution in [2.45, 2.75) is 26.7 Å². The van der Waals surface area contributed by atoms with Crippen LogP contribution in [0.15, 0.2) is 24.5 Å². The Labute approximate surface area is 156 Å². The van der Waals surface area contributed by atoms with Gasteiger partial charge in [-0.05, 0) is 37.1 Å². The highest BCUT2D eigenvalue weighted by molar-refractivity contribution is 5.63. The van der Waals surface area contributed by atoms with E-state index in [0.717, 1.165) is 11.1 Å². The zero-order valence-corrected chi connectivity index (χ0v) is 15.0. The smallest absolute Gasteiger partial charge is 0.373 e. The first kappa shape index (κ1) is 19.6. The average Bonchev–Trinajstić information content (AvgIpc) is 2.64. The Kier molecular flexibility index (Phi) is 6.61. The summed E-state index contributed by atoms with van der Waals surface area (Å²) in [4.78, 5) is 20.5. The van der Waals surface area contributed by atoms with Crippen molar-refractivity contribution in [1.82, 2.24) is 9.97 Å². The van der Waals surface area contributed by atoms with E-state index in [4.69, 9.17) is 15.3 Å². The molecule has 0 aliphatic carbocycles. The Morgan fingerprint density at radius 1 is 1.15 bits per heavy atom. The maximum Gasteiger partial charge on any atom is 0.373 e. The van der Waals surface area contributed by atoms with Gasteiger partial charge in [0, 0.05) is 13.1 Å². The van der Waals surface area contributed by atoms with Crippen LogP contribution in [0.4, 0.5) is 11.5 Å². The second-order valence-corrected chi connectivity index (χ2v) is 5.76. The predicted octanol–water partition coefficient (Wildman–Crippen LogP) is 3.43. The van der Waals surface area contributed by atoms with Crippen LogP contribution in [0.2, 0.25) is 0 Å². The maximum atomic E-state index is 11.7. The highest BCUT2D eigenvalue weighted by Crippen LogP contribution is 2.36. The molecular weight excluding hydrogens is 348 g/mol. The minimum atomic E-state index is -0.614. The lowest BCUT2D eigenvalue weighted by atomic mass is 10.1. The van der Waals surface area contributed by atoms with Gasteiger partial charge in [0.1, 0.15) is 12.1 Å². The zero-order chi connectivity index (χ0) is 19.8. The molecule has 0 aliphatic heterocycles. The topological polar surface area (TPSA) is 129 Å². The van der Waals surface area contributed by atoms with Crippen molar-refractivity contribution in [2.24, 2.45) is 0 Å². The lowest BCUT2D eigenvalue weighted by molar-refractivity contribution is -0.385. The van der Waals surface area contributed by atoms with Crippen molar-refractivity contribution in [3.63, 3.8) is 0 Å². The van der Waals surface area contributed by atoms with E-state index in [1.165, 1.54) is 11.2 Å². The molecule has 2 rings (SSSR count). The Morgan fingerprint density at radius 2 is 1.81 bits per heavy atom. The molecule has 9 nitrogen and oxygen atoms in total. The van der Waals surface area contributed by atoms with Crippen LogP contribution in [0.3, 0.4) is 0 Å². The third kappa shape index (κ3) is 4.89. The van der Waals surface area contributed by atoms with Gasteiger partial charge in [-0.2, -0.15) is 15.5 Å². The minimum absolute atomic E-state index is 0.0272. The molecule has 0 saturated carbocycles. The van der Waals surface area contributed by atoms with Crippen LogP contribution in [0.1, 0.15) is 24.0 Å². The van der Waals surface area contributed by atoms with Crippen LogP contribution in [0.25, 0.3) is 0 Å². The fourth-order valence-electron chi connectivity index (χ4n) is 2.40. The standard InChI is InChI=1S/C18H18N6O3/c1-13-5-6-15(11-14(13)2)27-18-16(24(25)26)17(21-12-22-18)23(9-3-7-19)10-4-8-20/h5-6,11-12H,3-4,9-10H2,1-2H3. The van der Waals surface area contributed by atoms with E-state index < -0.39 is 10.6 Å². The molecule has 9 heteroatoms. The first-order valence-electron chi connectivity index (χ1n) is 8.21. The summed E-state index contributed by atoms with van der Waals surface area (Å²) in [5.74, 6) is 0.262. The molecule has 0 fully saturated rings. The van der Waals surface area contributed by atoms with Crippen molar-refractivity contribution in [3.8, 4) is 23.8 Å². The van der Waals surface area contributed by atoms with Gasteiger partial charge in [0.2, 0.25) is 5.82 Å². The fourth-order valence-corrected chi connectivity index (χ4v) is 2.40. The van der Waals surface area contributed by atoms with Crippen molar-refractivity contribution < 1.29 is 9.66 Å². The van der Waals surface area contributed by atoms with Gasteiger partial charge in [-0.3, -0.25) is 10.1 Å². The van der Waals surface area contributed by atoms with E-state index in [0.29, 0.717) is 5.75 Å².